The Bertz CT molecular complexity index is 420. The van der Waals surface area contributed by atoms with Gasteiger partial charge in [0.05, 0.1) is 11.9 Å². The van der Waals surface area contributed by atoms with E-state index in [1.807, 2.05) is 30.3 Å². The second-order valence-electron chi connectivity index (χ2n) is 2.91. The molecule has 0 spiro atoms. The number of carboxylic acid groups (broad SMARTS) is 1. The Balaban J connectivity index is 0.000000360. The second kappa shape index (κ2) is 7.60. The van der Waals surface area contributed by atoms with Crippen molar-refractivity contribution in [3.63, 3.8) is 0 Å². The van der Waals surface area contributed by atoms with Gasteiger partial charge in [-0.15, -0.1) is 0 Å². The number of hydrogen-bond acceptors (Lipinski definition) is 4. The topological polar surface area (TPSA) is 83.4 Å². The van der Waals surface area contributed by atoms with Crippen molar-refractivity contribution in [3.05, 3.63) is 65.7 Å². The normalized spacial score (nSPS) is 15.2. The molecule has 0 atom stereocenters. The van der Waals surface area contributed by atoms with E-state index in [9.17, 15) is 15.0 Å². The predicted octanol–water partition coefficient (Wildman–Crippen LogP) is -0.235. The molecule has 2 rings (SSSR count). The van der Waals surface area contributed by atoms with Crippen LogP contribution in [0.3, 0.4) is 0 Å². The monoisotopic (exact) mass is 265 g/mol. The molecule has 4 nitrogen and oxygen atoms in total. The molecule has 85 valence electrons. The van der Waals surface area contributed by atoms with Gasteiger partial charge in [0.1, 0.15) is 0 Å². The molecular formula is C12H9O4Ti. The van der Waals surface area contributed by atoms with Crippen LogP contribution in [-0.2, 0) is 26.5 Å². The van der Waals surface area contributed by atoms with Gasteiger partial charge in [-0.25, -0.2) is 12.1 Å². The van der Waals surface area contributed by atoms with Crippen molar-refractivity contribution < 1.29 is 41.8 Å². The minimum atomic E-state index is -1.47. The van der Waals surface area contributed by atoms with E-state index >= 15 is 0 Å². The van der Waals surface area contributed by atoms with Crippen molar-refractivity contribution in [3.8, 4) is 0 Å². The molecule has 0 aliphatic heterocycles. The van der Waals surface area contributed by atoms with Gasteiger partial charge in [0, 0.05) is 11.1 Å². The van der Waals surface area contributed by atoms with Crippen molar-refractivity contribution >= 4 is 5.97 Å². The summed E-state index contributed by atoms with van der Waals surface area (Å²) in [6, 6.07) is 10.0. The summed E-state index contributed by atoms with van der Waals surface area (Å²) in [6.45, 7) is 0. The summed E-state index contributed by atoms with van der Waals surface area (Å²) in [7, 11) is 0. The Morgan fingerprint density at radius 2 is 1.82 bits per heavy atom. The van der Waals surface area contributed by atoms with Crippen molar-refractivity contribution in [2.75, 3.05) is 0 Å². The Morgan fingerprint density at radius 1 is 1.24 bits per heavy atom. The van der Waals surface area contributed by atoms with E-state index in [1.54, 1.807) is 0 Å². The van der Waals surface area contributed by atoms with E-state index < -0.39 is 11.9 Å². The number of rotatable bonds is 1. The summed E-state index contributed by atoms with van der Waals surface area (Å²) in [5.74, 6) is -2.72. The average Bonchev–Trinajstić information content (AvgIpc) is 2.92. The summed E-state index contributed by atoms with van der Waals surface area (Å²) in [5, 5.41) is 28.9. The molecule has 0 bridgehead atoms. The first-order valence-corrected chi connectivity index (χ1v) is 4.50. The van der Waals surface area contributed by atoms with Gasteiger partial charge >= 0.3 is 21.7 Å². The fraction of sp³-hybridized carbons (Fsp3) is 0. The summed E-state index contributed by atoms with van der Waals surface area (Å²) < 4.78 is 0. The largest absolute Gasteiger partial charge is 3.00 e. The third kappa shape index (κ3) is 4.80. The Hall–Kier alpha value is -1.65. The zero-order chi connectivity index (χ0) is 12.0. The zero-order valence-electron chi connectivity index (χ0n) is 8.79. The van der Waals surface area contributed by atoms with Crippen LogP contribution in [0.15, 0.2) is 65.7 Å². The molecule has 5 heteroatoms. The zero-order valence-corrected chi connectivity index (χ0v) is 10.4. The van der Waals surface area contributed by atoms with Crippen LogP contribution in [0.25, 0.3) is 0 Å². The summed E-state index contributed by atoms with van der Waals surface area (Å²) in [6.07, 6.45) is 3.76. The van der Waals surface area contributed by atoms with E-state index in [0.717, 1.165) is 0 Å². The molecular weight excluding hydrogens is 256 g/mol. The van der Waals surface area contributed by atoms with Crippen molar-refractivity contribution in [1.29, 1.82) is 0 Å². The molecule has 0 unspecified atom stereocenters. The third-order valence-electron chi connectivity index (χ3n) is 1.82. The molecule has 1 aliphatic rings. The maximum absolute atomic E-state index is 10.3. The van der Waals surface area contributed by atoms with E-state index in [2.05, 4.69) is 0 Å². The van der Waals surface area contributed by atoms with Gasteiger partial charge < -0.3 is 20.1 Å². The fourth-order valence-corrected chi connectivity index (χ4v) is 1.11. The van der Waals surface area contributed by atoms with Crippen molar-refractivity contribution in [2.45, 2.75) is 0 Å². The molecule has 0 amide bonds. The molecule has 0 heterocycles. The van der Waals surface area contributed by atoms with Gasteiger partial charge in [-0.1, -0.05) is 18.2 Å². The predicted molar refractivity (Wildman–Crippen MR) is 53.9 cm³/mol. The molecule has 1 radical (unpaired) electrons. The van der Waals surface area contributed by atoms with E-state index in [4.69, 9.17) is 5.11 Å². The Kier molecular flexibility index (Phi) is 6.86. The molecule has 17 heavy (non-hydrogen) atoms. The van der Waals surface area contributed by atoms with E-state index in [0.29, 0.717) is 0 Å². The number of carbonyl (C=O) groups excluding carboxylic acids is 1. The first-order chi connectivity index (χ1) is 7.63. The SMILES string of the molecule is O=C([O-])C1=CC=C/C1=C(/[O-])O.[Ti+3].c1cc[cH-]c1. The number of aliphatic hydroxyl groups is 1. The smallest absolute Gasteiger partial charge is 0.629 e. The van der Waals surface area contributed by atoms with Gasteiger partial charge in [-0.3, -0.25) is 0 Å². The molecule has 0 fully saturated rings. The van der Waals surface area contributed by atoms with Crippen LogP contribution in [0, 0.1) is 0 Å². The Labute approximate surface area is 113 Å². The maximum atomic E-state index is 10.3. The first-order valence-electron chi connectivity index (χ1n) is 4.50. The van der Waals surface area contributed by atoms with Crippen LogP contribution in [0.1, 0.15) is 0 Å². The number of aliphatic hydroxyl groups excluding tert-OH is 1. The molecule has 1 N–H and O–H groups in total. The number of allylic oxidation sites excluding steroid dienone is 3. The van der Waals surface area contributed by atoms with Crippen LogP contribution >= 0.6 is 0 Å². The maximum Gasteiger partial charge on any atom is 3.00 e. The summed E-state index contributed by atoms with van der Waals surface area (Å²) in [5.41, 5.74) is -0.512. The van der Waals surface area contributed by atoms with Gasteiger partial charge in [-0.05, 0) is 0 Å². The quantitative estimate of drug-likeness (QED) is 0.431. The van der Waals surface area contributed by atoms with E-state index in [1.165, 1.54) is 18.2 Å². The second-order valence-corrected chi connectivity index (χ2v) is 2.91. The van der Waals surface area contributed by atoms with Crippen LogP contribution in [-0.4, -0.2) is 11.1 Å². The van der Waals surface area contributed by atoms with E-state index in [-0.39, 0.29) is 32.9 Å². The standard InChI is InChI=1S/C7H6O4.C5H5.Ti/c8-6(9)4-2-1-3-5(4)7(10)11;1-2-4-5-3-1;/h1-3,8-9H,(H,10,11);1-5H;/q;-1;+3/p-2. The molecule has 1 aromatic rings. The molecule has 0 aromatic heterocycles. The number of carboxylic acids is 1. The Morgan fingerprint density at radius 3 is 2.12 bits per heavy atom. The van der Waals surface area contributed by atoms with Crippen molar-refractivity contribution in [2.24, 2.45) is 0 Å². The minimum Gasteiger partial charge on any atom is -0.629 e. The number of carbonyl (C=O) groups is 1. The molecule has 1 aromatic carbocycles. The van der Waals surface area contributed by atoms with Gasteiger partial charge in [0.2, 0.25) is 0 Å². The fourth-order valence-electron chi connectivity index (χ4n) is 1.11. The van der Waals surface area contributed by atoms with Crippen molar-refractivity contribution in [1.82, 2.24) is 0 Å². The third-order valence-corrected chi connectivity index (χ3v) is 1.82. The number of hydrogen-bond donors (Lipinski definition) is 1. The summed E-state index contributed by atoms with van der Waals surface area (Å²) >= 11 is 0. The van der Waals surface area contributed by atoms with Gasteiger partial charge in [0.15, 0.2) is 0 Å². The van der Waals surface area contributed by atoms with Crippen LogP contribution in [0.4, 0.5) is 0 Å². The van der Waals surface area contributed by atoms with Crippen LogP contribution < -0.4 is 10.2 Å². The number of aliphatic carboxylic acids is 1. The summed E-state index contributed by atoms with van der Waals surface area (Å²) in [4.78, 5) is 10.2. The molecule has 0 saturated carbocycles. The van der Waals surface area contributed by atoms with Crippen LogP contribution in [0.5, 0.6) is 0 Å². The molecule has 0 saturated heterocycles. The average molecular weight is 265 g/mol. The van der Waals surface area contributed by atoms with Gasteiger partial charge in [0.25, 0.3) is 0 Å². The first kappa shape index (κ1) is 15.4. The minimum absolute atomic E-state index is 0. The molecule has 1 aliphatic carbocycles. The van der Waals surface area contributed by atoms with Gasteiger partial charge in [-0.2, -0.15) is 18.2 Å². The van der Waals surface area contributed by atoms with Crippen LogP contribution in [0.2, 0.25) is 0 Å².